The average Bonchev–Trinajstić information content (AvgIpc) is 2.03. The van der Waals surface area contributed by atoms with Gasteiger partial charge < -0.3 is 0 Å². The molecule has 0 fully saturated rings. The molecule has 70 valence electrons. The van der Waals surface area contributed by atoms with Gasteiger partial charge >= 0.3 is 0 Å². The van der Waals surface area contributed by atoms with Crippen molar-refractivity contribution < 1.29 is 4.79 Å². The van der Waals surface area contributed by atoms with Crippen LogP contribution in [0, 0.1) is 6.92 Å². The minimum atomic E-state index is -0.134. The zero-order valence-electron chi connectivity index (χ0n) is 7.47. The molecule has 0 amide bonds. The molecule has 1 atom stereocenters. The first-order valence-corrected chi connectivity index (χ1v) is 5.68. The lowest BCUT2D eigenvalue weighted by molar-refractivity contribution is 0.0994. The summed E-state index contributed by atoms with van der Waals surface area (Å²) in [6.07, 6.45) is 0. The minimum absolute atomic E-state index is 0.116. The monoisotopic (exact) mass is 304 g/mol. The van der Waals surface area contributed by atoms with Gasteiger partial charge in [0.1, 0.15) is 0 Å². The van der Waals surface area contributed by atoms with Crippen LogP contribution < -0.4 is 0 Å². The molecule has 1 aromatic carbocycles. The summed E-state index contributed by atoms with van der Waals surface area (Å²) in [6.45, 7) is 3.77. The molecular formula is C10H10Br2O. The lowest BCUT2D eigenvalue weighted by Crippen LogP contribution is -2.12. The van der Waals surface area contributed by atoms with E-state index in [1.807, 2.05) is 32.0 Å². The lowest BCUT2D eigenvalue weighted by Gasteiger charge is -2.08. The Morgan fingerprint density at radius 2 is 2.08 bits per heavy atom. The highest BCUT2D eigenvalue weighted by Crippen LogP contribution is 2.23. The van der Waals surface area contributed by atoms with Gasteiger partial charge in [-0.2, -0.15) is 0 Å². The van der Waals surface area contributed by atoms with E-state index in [0.717, 1.165) is 15.6 Å². The second kappa shape index (κ2) is 4.38. The van der Waals surface area contributed by atoms with Gasteiger partial charge in [0.2, 0.25) is 0 Å². The SMILES string of the molecule is Cc1cccc(Br)c1C(=O)C(C)Br. The van der Waals surface area contributed by atoms with Gasteiger partial charge in [-0.1, -0.05) is 44.0 Å². The maximum Gasteiger partial charge on any atom is 0.177 e. The van der Waals surface area contributed by atoms with Crippen LogP contribution in [0.2, 0.25) is 0 Å². The van der Waals surface area contributed by atoms with Gasteiger partial charge in [-0.15, -0.1) is 0 Å². The predicted molar refractivity (Wildman–Crippen MR) is 61.6 cm³/mol. The van der Waals surface area contributed by atoms with Gasteiger partial charge in [-0.25, -0.2) is 0 Å². The van der Waals surface area contributed by atoms with Crippen LogP contribution >= 0.6 is 31.9 Å². The Kier molecular flexibility index (Phi) is 3.68. The summed E-state index contributed by atoms with van der Waals surface area (Å²) in [5, 5.41) is 0. The molecule has 13 heavy (non-hydrogen) atoms. The first kappa shape index (κ1) is 10.9. The van der Waals surface area contributed by atoms with Crippen LogP contribution in [-0.2, 0) is 0 Å². The number of hydrogen-bond donors (Lipinski definition) is 0. The van der Waals surface area contributed by atoms with E-state index in [9.17, 15) is 4.79 Å². The molecule has 3 heteroatoms. The van der Waals surface area contributed by atoms with Crippen molar-refractivity contribution in [1.29, 1.82) is 0 Å². The number of aryl methyl sites for hydroxylation is 1. The van der Waals surface area contributed by atoms with Crippen molar-refractivity contribution in [2.45, 2.75) is 18.7 Å². The van der Waals surface area contributed by atoms with E-state index in [1.54, 1.807) is 0 Å². The molecule has 1 rings (SSSR count). The highest BCUT2D eigenvalue weighted by Gasteiger charge is 2.16. The number of hydrogen-bond acceptors (Lipinski definition) is 1. The number of Topliss-reactive ketones (excluding diaryl/α,β-unsaturated/α-hetero) is 1. The van der Waals surface area contributed by atoms with Crippen molar-refractivity contribution in [1.82, 2.24) is 0 Å². The summed E-state index contributed by atoms with van der Waals surface area (Å²) in [4.78, 5) is 11.6. The first-order chi connectivity index (χ1) is 6.04. The van der Waals surface area contributed by atoms with E-state index in [4.69, 9.17) is 0 Å². The lowest BCUT2D eigenvalue weighted by atomic mass is 10.0. The fraction of sp³-hybridized carbons (Fsp3) is 0.300. The van der Waals surface area contributed by atoms with Gasteiger partial charge in [0.25, 0.3) is 0 Å². The molecule has 1 aromatic rings. The fourth-order valence-electron chi connectivity index (χ4n) is 1.14. The summed E-state index contributed by atoms with van der Waals surface area (Å²) in [5.74, 6) is 0.116. The smallest absolute Gasteiger partial charge is 0.177 e. The Labute approximate surface area is 94.8 Å². The largest absolute Gasteiger partial charge is 0.293 e. The zero-order chi connectivity index (χ0) is 10.0. The first-order valence-electron chi connectivity index (χ1n) is 3.97. The number of halogens is 2. The number of benzene rings is 1. The molecule has 0 N–H and O–H groups in total. The highest BCUT2D eigenvalue weighted by molar-refractivity contribution is 9.10. The Bertz CT molecular complexity index is 311. The molecule has 0 aliphatic carbocycles. The normalized spacial score (nSPS) is 12.6. The number of carbonyl (C=O) groups is 1. The molecule has 0 aromatic heterocycles. The average molecular weight is 306 g/mol. The highest BCUT2D eigenvalue weighted by atomic mass is 79.9. The van der Waals surface area contributed by atoms with E-state index >= 15 is 0 Å². The molecule has 0 saturated carbocycles. The van der Waals surface area contributed by atoms with Gasteiger partial charge in [0, 0.05) is 10.0 Å². The van der Waals surface area contributed by atoms with Crippen molar-refractivity contribution >= 4 is 37.6 Å². The molecule has 0 aliphatic rings. The number of ketones is 1. The second-order valence-electron chi connectivity index (χ2n) is 2.91. The molecular weight excluding hydrogens is 296 g/mol. The van der Waals surface area contributed by atoms with E-state index in [0.29, 0.717) is 0 Å². The van der Waals surface area contributed by atoms with Crippen LogP contribution in [0.25, 0.3) is 0 Å². The summed E-state index contributed by atoms with van der Waals surface area (Å²) in [6, 6.07) is 5.75. The van der Waals surface area contributed by atoms with Crippen molar-refractivity contribution in [3.63, 3.8) is 0 Å². The van der Waals surface area contributed by atoms with Crippen molar-refractivity contribution in [2.75, 3.05) is 0 Å². The Morgan fingerprint density at radius 1 is 1.46 bits per heavy atom. The predicted octanol–water partition coefficient (Wildman–Crippen LogP) is 3.72. The van der Waals surface area contributed by atoms with Crippen LogP contribution in [0.3, 0.4) is 0 Å². The number of rotatable bonds is 2. The van der Waals surface area contributed by atoms with Gasteiger partial charge in [-0.05, 0) is 25.5 Å². The van der Waals surface area contributed by atoms with Crippen molar-refractivity contribution in [3.05, 3.63) is 33.8 Å². The molecule has 0 saturated heterocycles. The quantitative estimate of drug-likeness (QED) is 0.601. The molecule has 1 nitrogen and oxygen atoms in total. The van der Waals surface area contributed by atoms with Gasteiger partial charge in [0.15, 0.2) is 5.78 Å². The maximum absolute atomic E-state index is 11.7. The van der Waals surface area contributed by atoms with Crippen LogP contribution in [0.5, 0.6) is 0 Å². The summed E-state index contributed by atoms with van der Waals surface area (Å²) in [7, 11) is 0. The molecule has 0 aliphatic heterocycles. The molecule has 0 radical (unpaired) electrons. The topological polar surface area (TPSA) is 17.1 Å². The fourth-order valence-corrected chi connectivity index (χ4v) is 2.03. The van der Waals surface area contributed by atoms with E-state index in [-0.39, 0.29) is 10.6 Å². The Balaban J connectivity index is 3.20. The van der Waals surface area contributed by atoms with Crippen molar-refractivity contribution in [3.8, 4) is 0 Å². The number of carbonyl (C=O) groups excluding carboxylic acids is 1. The van der Waals surface area contributed by atoms with Crippen LogP contribution in [0.4, 0.5) is 0 Å². The maximum atomic E-state index is 11.7. The van der Waals surface area contributed by atoms with Crippen molar-refractivity contribution in [2.24, 2.45) is 0 Å². The minimum Gasteiger partial charge on any atom is -0.293 e. The number of alkyl halides is 1. The third-order valence-electron chi connectivity index (χ3n) is 1.83. The molecule has 0 spiro atoms. The summed E-state index contributed by atoms with van der Waals surface area (Å²) in [5.41, 5.74) is 1.78. The van der Waals surface area contributed by atoms with Gasteiger partial charge in [-0.3, -0.25) is 4.79 Å². The molecule has 0 heterocycles. The molecule has 1 unspecified atom stereocenters. The third kappa shape index (κ3) is 2.41. The van der Waals surface area contributed by atoms with Crippen LogP contribution in [0.1, 0.15) is 22.8 Å². The standard InChI is InChI=1S/C10H10Br2O/c1-6-4-3-5-8(12)9(6)10(13)7(2)11/h3-5,7H,1-2H3. The van der Waals surface area contributed by atoms with E-state index < -0.39 is 0 Å². The van der Waals surface area contributed by atoms with E-state index in [1.165, 1.54) is 0 Å². The second-order valence-corrected chi connectivity index (χ2v) is 5.14. The summed E-state index contributed by atoms with van der Waals surface area (Å²) < 4.78 is 0.865. The van der Waals surface area contributed by atoms with Gasteiger partial charge in [0.05, 0.1) is 4.83 Å². The zero-order valence-corrected chi connectivity index (χ0v) is 10.6. The third-order valence-corrected chi connectivity index (χ3v) is 2.91. The molecule has 0 bridgehead atoms. The Morgan fingerprint density at radius 3 is 2.54 bits per heavy atom. The van der Waals surface area contributed by atoms with E-state index in [2.05, 4.69) is 31.9 Å². The summed E-state index contributed by atoms with van der Waals surface area (Å²) >= 11 is 6.65. The Hall–Kier alpha value is -0.150. The van der Waals surface area contributed by atoms with Crippen LogP contribution in [-0.4, -0.2) is 10.6 Å². The van der Waals surface area contributed by atoms with Crippen LogP contribution in [0.15, 0.2) is 22.7 Å².